The molecule has 0 atom stereocenters. The molecule has 1 aromatic carbocycles. The summed E-state index contributed by atoms with van der Waals surface area (Å²) in [6.45, 7) is 1.41. The SMILES string of the molecule is c1ccc2c(c1)OCc1[nH]c(CNC3CC3)nc1-2. The topological polar surface area (TPSA) is 49.9 Å². The Kier molecular flexibility index (Phi) is 2.17. The van der Waals surface area contributed by atoms with Gasteiger partial charge < -0.3 is 15.0 Å². The Labute approximate surface area is 105 Å². The van der Waals surface area contributed by atoms with Gasteiger partial charge in [-0.05, 0) is 25.0 Å². The third-order valence-electron chi connectivity index (χ3n) is 3.48. The number of H-pyrrole nitrogens is 1. The number of benzene rings is 1. The standard InChI is InChI=1S/C14H15N3O/c1-2-4-12-10(3-1)14-11(8-18-12)16-13(17-14)7-15-9-5-6-9/h1-4,9,15H,5-8H2,(H,16,17). The van der Waals surface area contributed by atoms with Gasteiger partial charge >= 0.3 is 0 Å². The van der Waals surface area contributed by atoms with Crippen molar-refractivity contribution < 1.29 is 4.74 Å². The Bertz CT molecular complexity index is 586. The molecule has 1 aliphatic carbocycles. The fourth-order valence-electron chi connectivity index (χ4n) is 2.34. The van der Waals surface area contributed by atoms with E-state index in [4.69, 9.17) is 9.72 Å². The molecule has 2 aromatic rings. The number of hydrogen-bond donors (Lipinski definition) is 2. The van der Waals surface area contributed by atoms with Crippen molar-refractivity contribution in [1.82, 2.24) is 15.3 Å². The lowest BCUT2D eigenvalue weighted by atomic mass is 10.1. The van der Waals surface area contributed by atoms with Crippen molar-refractivity contribution in [2.24, 2.45) is 0 Å². The Balaban J connectivity index is 1.66. The average Bonchev–Trinajstić information content (AvgIpc) is 3.14. The first-order chi connectivity index (χ1) is 8.90. The molecule has 0 unspecified atom stereocenters. The lowest BCUT2D eigenvalue weighted by Crippen LogP contribution is -2.16. The Hall–Kier alpha value is -1.81. The summed E-state index contributed by atoms with van der Waals surface area (Å²) in [5.74, 6) is 1.94. The molecule has 1 aliphatic heterocycles. The largest absolute Gasteiger partial charge is 0.487 e. The molecule has 1 saturated carbocycles. The van der Waals surface area contributed by atoms with E-state index in [0.29, 0.717) is 12.6 Å². The molecular formula is C14H15N3O. The van der Waals surface area contributed by atoms with Crippen LogP contribution in [0.4, 0.5) is 0 Å². The van der Waals surface area contributed by atoms with E-state index < -0.39 is 0 Å². The van der Waals surface area contributed by atoms with Gasteiger partial charge in [0.1, 0.15) is 18.2 Å². The molecular weight excluding hydrogens is 226 g/mol. The molecule has 2 aliphatic rings. The summed E-state index contributed by atoms with van der Waals surface area (Å²) in [5, 5.41) is 3.47. The van der Waals surface area contributed by atoms with Gasteiger partial charge in [-0.25, -0.2) is 4.98 Å². The van der Waals surface area contributed by atoms with E-state index in [2.05, 4.69) is 16.4 Å². The van der Waals surface area contributed by atoms with Crippen LogP contribution in [-0.2, 0) is 13.2 Å². The number of aromatic nitrogens is 2. The number of nitrogens with one attached hydrogen (secondary N) is 2. The van der Waals surface area contributed by atoms with Gasteiger partial charge in [0.05, 0.1) is 17.9 Å². The molecule has 1 aromatic heterocycles. The van der Waals surface area contributed by atoms with Crippen LogP contribution in [0.1, 0.15) is 24.4 Å². The van der Waals surface area contributed by atoms with Crippen LogP contribution in [-0.4, -0.2) is 16.0 Å². The van der Waals surface area contributed by atoms with Crippen LogP contribution < -0.4 is 10.1 Å². The maximum atomic E-state index is 5.71. The van der Waals surface area contributed by atoms with E-state index in [1.165, 1.54) is 12.8 Å². The second-order valence-corrected chi connectivity index (χ2v) is 4.95. The molecule has 18 heavy (non-hydrogen) atoms. The zero-order valence-corrected chi connectivity index (χ0v) is 10.1. The highest BCUT2D eigenvalue weighted by Crippen LogP contribution is 2.35. The molecule has 2 heterocycles. The predicted octanol–water partition coefficient (Wildman–Crippen LogP) is 2.22. The van der Waals surface area contributed by atoms with Gasteiger partial charge in [0, 0.05) is 11.6 Å². The van der Waals surface area contributed by atoms with E-state index >= 15 is 0 Å². The fraction of sp³-hybridized carbons (Fsp3) is 0.357. The molecule has 4 heteroatoms. The van der Waals surface area contributed by atoms with Crippen molar-refractivity contribution >= 4 is 0 Å². The van der Waals surface area contributed by atoms with Gasteiger partial charge in [0.2, 0.25) is 0 Å². The number of ether oxygens (including phenoxy) is 1. The van der Waals surface area contributed by atoms with Crippen LogP contribution in [0.2, 0.25) is 0 Å². The Morgan fingerprint density at radius 2 is 2.22 bits per heavy atom. The van der Waals surface area contributed by atoms with Crippen molar-refractivity contribution in [2.45, 2.75) is 32.0 Å². The van der Waals surface area contributed by atoms with E-state index in [1.54, 1.807) is 0 Å². The summed E-state index contributed by atoms with van der Waals surface area (Å²) < 4.78 is 5.71. The second kappa shape index (κ2) is 3.85. The third-order valence-corrected chi connectivity index (χ3v) is 3.48. The zero-order valence-electron chi connectivity index (χ0n) is 10.1. The van der Waals surface area contributed by atoms with E-state index in [-0.39, 0.29) is 0 Å². The minimum Gasteiger partial charge on any atom is -0.487 e. The monoisotopic (exact) mass is 241 g/mol. The van der Waals surface area contributed by atoms with Crippen LogP contribution in [0.5, 0.6) is 5.75 Å². The van der Waals surface area contributed by atoms with E-state index in [1.807, 2.05) is 18.2 Å². The number of imidazole rings is 1. The van der Waals surface area contributed by atoms with Gasteiger partial charge in [0.25, 0.3) is 0 Å². The van der Waals surface area contributed by atoms with Crippen molar-refractivity contribution in [3.05, 3.63) is 35.8 Å². The number of rotatable bonds is 3. The Morgan fingerprint density at radius 3 is 3.11 bits per heavy atom. The lowest BCUT2D eigenvalue weighted by molar-refractivity contribution is 0.297. The quantitative estimate of drug-likeness (QED) is 0.866. The number of para-hydroxylation sites is 1. The van der Waals surface area contributed by atoms with Crippen molar-refractivity contribution in [3.63, 3.8) is 0 Å². The summed E-state index contributed by atoms with van der Waals surface area (Å²) >= 11 is 0. The summed E-state index contributed by atoms with van der Waals surface area (Å²) in [5.41, 5.74) is 3.22. The van der Waals surface area contributed by atoms with Crippen LogP contribution >= 0.6 is 0 Å². The normalized spacial score (nSPS) is 16.9. The maximum Gasteiger partial charge on any atom is 0.130 e. The molecule has 0 saturated heterocycles. The second-order valence-electron chi connectivity index (χ2n) is 4.95. The van der Waals surface area contributed by atoms with Crippen molar-refractivity contribution in [3.8, 4) is 17.0 Å². The summed E-state index contributed by atoms with van der Waals surface area (Å²) in [4.78, 5) is 8.05. The molecule has 92 valence electrons. The minimum absolute atomic E-state index is 0.586. The molecule has 0 bridgehead atoms. The van der Waals surface area contributed by atoms with Crippen LogP contribution in [0.15, 0.2) is 24.3 Å². The first-order valence-corrected chi connectivity index (χ1v) is 6.43. The highest BCUT2D eigenvalue weighted by Gasteiger charge is 2.23. The summed E-state index contributed by atoms with van der Waals surface area (Å²) in [6.07, 6.45) is 2.60. The van der Waals surface area contributed by atoms with E-state index in [0.717, 1.165) is 35.1 Å². The molecule has 1 fully saturated rings. The van der Waals surface area contributed by atoms with Gasteiger partial charge in [0.15, 0.2) is 0 Å². The highest BCUT2D eigenvalue weighted by molar-refractivity contribution is 5.70. The summed E-state index contributed by atoms with van der Waals surface area (Å²) in [7, 11) is 0. The van der Waals surface area contributed by atoms with Crippen LogP contribution in [0.25, 0.3) is 11.3 Å². The van der Waals surface area contributed by atoms with Crippen LogP contribution in [0.3, 0.4) is 0 Å². The van der Waals surface area contributed by atoms with Crippen LogP contribution in [0, 0.1) is 0 Å². The smallest absolute Gasteiger partial charge is 0.130 e. The molecule has 2 N–H and O–H groups in total. The molecule has 4 rings (SSSR count). The van der Waals surface area contributed by atoms with Gasteiger partial charge in [-0.2, -0.15) is 0 Å². The van der Waals surface area contributed by atoms with Gasteiger partial charge in [-0.1, -0.05) is 12.1 Å². The number of hydrogen-bond acceptors (Lipinski definition) is 3. The highest BCUT2D eigenvalue weighted by atomic mass is 16.5. The average molecular weight is 241 g/mol. The zero-order chi connectivity index (χ0) is 11.9. The van der Waals surface area contributed by atoms with Crippen molar-refractivity contribution in [2.75, 3.05) is 0 Å². The first kappa shape index (κ1) is 10.1. The number of aromatic amines is 1. The number of fused-ring (bicyclic) bond motifs is 3. The molecule has 0 amide bonds. The van der Waals surface area contributed by atoms with Gasteiger partial charge in [-0.3, -0.25) is 0 Å². The molecule has 4 nitrogen and oxygen atoms in total. The number of nitrogens with zero attached hydrogens (tertiary/aromatic N) is 1. The van der Waals surface area contributed by atoms with Crippen molar-refractivity contribution in [1.29, 1.82) is 0 Å². The van der Waals surface area contributed by atoms with E-state index in [9.17, 15) is 0 Å². The first-order valence-electron chi connectivity index (χ1n) is 6.43. The Morgan fingerprint density at radius 1 is 1.33 bits per heavy atom. The lowest BCUT2D eigenvalue weighted by Gasteiger charge is -2.15. The fourth-order valence-corrected chi connectivity index (χ4v) is 2.34. The minimum atomic E-state index is 0.586. The summed E-state index contributed by atoms with van der Waals surface area (Å²) in [6, 6.07) is 8.78. The van der Waals surface area contributed by atoms with Gasteiger partial charge in [-0.15, -0.1) is 0 Å². The predicted molar refractivity (Wildman–Crippen MR) is 68.2 cm³/mol. The third kappa shape index (κ3) is 1.69. The maximum absolute atomic E-state index is 5.71. The molecule has 0 spiro atoms. The molecule has 0 radical (unpaired) electrons.